The molecule has 3 heteroatoms. The third-order valence-corrected chi connectivity index (χ3v) is 7.30. The highest BCUT2D eigenvalue weighted by Gasteiger charge is 2.72. The van der Waals surface area contributed by atoms with E-state index in [-0.39, 0.29) is 28.8 Å². The molecule has 4 rings (SSSR count). The summed E-state index contributed by atoms with van der Waals surface area (Å²) < 4.78 is 5.62. The Bertz CT molecular complexity index is 444. The standard InChI is InChI=1S/C17H28O3/c1-10-6-7-17(19)15(3,4)13-8-12(10)16(17,5)9-14(13)20-11(2)18/h10,12-14,19H,6-9H2,1-5H3/t10-,12-,13-,14?,16+,17+/m0/s1. The van der Waals surface area contributed by atoms with Crippen LogP contribution < -0.4 is 0 Å². The molecular formula is C17H28O3. The predicted molar refractivity (Wildman–Crippen MR) is 77.0 cm³/mol. The van der Waals surface area contributed by atoms with E-state index in [1.807, 2.05) is 0 Å². The summed E-state index contributed by atoms with van der Waals surface area (Å²) >= 11 is 0. The molecular weight excluding hydrogens is 252 g/mol. The summed E-state index contributed by atoms with van der Waals surface area (Å²) in [6.45, 7) is 10.4. The first-order valence-corrected chi connectivity index (χ1v) is 8.03. The minimum Gasteiger partial charge on any atom is -0.462 e. The first kappa shape index (κ1) is 14.4. The Balaban J connectivity index is 2.05. The van der Waals surface area contributed by atoms with Gasteiger partial charge in [0.1, 0.15) is 6.10 Å². The maximum absolute atomic E-state index is 11.5. The Morgan fingerprint density at radius 2 is 1.90 bits per heavy atom. The van der Waals surface area contributed by atoms with E-state index < -0.39 is 5.60 Å². The molecule has 4 saturated carbocycles. The molecule has 0 aromatic heterocycles. The Hall–Kier alpha value is -0.570. The number of carbonyl (C=O) groups is 1. The van der Waals surface area contributed by atoms with Gasteiger partial charge in [0.2, 0.25) is 0 Å². The summed E-state index contributed by atoms with van der Waals surface area (Å²) in [5.41, 5.74) is -0.920. The number of rotatable bonds is 1. The lowest BCUT2D eigenvalue weighted by Crippen LogP contribution is -2.74. The maximum Gasteiger partial charge on any atom is 0.302 e. The summed E-state index contributed by atoms with van der Waals surface area (Å²) in [7, 11) is 0. The molecule has 0 saturated heterocycles. The molecule has 4 bridgehead atoms. The Morgan fingerprint density at radius 1 is 1.25 bits per heavy atom. The average Bonchev–Trinajstić information content (AvgIpc) is 2.31. The second-order valence-corrected chi connectivity index (χ2v) is 8.32. The second-order valence-electron chi connectivity index (χ2n) is 8.32. The van der Waals surface area contributed by atoms with E-state index in [0.29, 0.717) is 11.8 Å². The smallest absolute Gasteiger partial charge is 0.302 e. The number of carbonyl (C=O) groups excluding carboxylic acids is 1. The van der Waals surface area contributed by atoms with Gasteiger partial charge in [-0.25, -0.2) is 0 Å². The maximum atomic E-state index is 11.5. The van der Waals surface area contributed by atoms with Crippen LogP contribution in [0.4, 0.5) is 0 Å². The SMILES string of the molecule is CC(=O)OC1C[C@]2(C)[C@H]3C[C@@H]1C(C)(C)[C@]2(O)CC[C@@H]3C. The molecule has 3 nitrogen and oxygen atoms in total. The lowest BCUT2D eigenvalue weighted by molar-refractivity contribution is -0.316. The van der Waals surface area contributed by atoms with Crippen molar-refractivity contribution in [3.8, 4) is 0 Å². The largest absolute Gasteiger partial charge is 0.462 e. The number of hydrogen-bond acceptors (Lipinski definition) is 3. The predicted octanol–water partition coefficient (Wildman–Crippen LogP) is 3.15. The molecule has 4 aliphatic rings. The van der Waals surface area contributed by atoms with Gasteiger partial charge in [0, 0.05) is 23.7 Å². The van der Waals surface area contributed by atoms with E-state index in [1.54, 1.807) is 0 Å². The Kier molecular flexibility index (Phi) is 2.87. The zero-order chi connectivity index (χ0) is 14.9. The van der Waals surface area contributed by atoms with Crippen LogP contribution in [0.3, 0.4) is 0 Å². The van der Waals surface area contributed by atoms with Crippen LogP contribution in [-0.2, 0) is 9.53 Å². The molecule has 6 atom stereocenters. The fourth-order valence-electron chi connectivity index (χ4n) is 6.12. The summed E-state index contributed by atoms with van der Waals surface area (Å²) in [5.74, 6) is 1.32. The minimum absolute atomic E-state index is 0.0191. The topological polar surface area (TPSA) is 46.5 Å². The first-order valence-electron chi connectivity index (χ1n) is 8.03. The van der Waals surface area contributed by atoms with Gasteiger partial charge >= 0.3 is 5.97 Å². The fraction of sp³-hybridized carbons (Fsp3) is 0.941. The van der Waals surface area contributed by atoms with Crippen molar-refractivity contribution in [3.05, 3.63) is 0 Å². The molecule has 0 heterocycles. The molecule has 4 aliphatic carbocycles. The lowest BCUT2D eigenvalue weighted by Gasteiger charge is -2.72. The van der Waals surface area contributed by atoms with Crippen molar-refractivity contribution in [2.75, 3.05) is 0 Å². The number of fused-ring (bicyclic) bond motifs is 1. The molecule has 0 spiro atoms. The number of aliphatic hydroxyl groups is 1. The van der Waals surface area contributed by atoms with Crippen LogP contribution in [0.2, 0.25) is 0 Å². The van der Waals surface area contributed by atoms with Crippen LogP contribution in [-0.4, -0.2) is 22.8 Å². The van der Waals surface area contributed by atoms with Crippen molar-refractivity contribution in [3.63, 3.8) is 0 Å². The van der Waals surface area contributed by atoms with Gasteiger partial charge in [-0.05, 0) is 37.5 Å². The molecule has 1 unspecified atom stereocenters. The van der Waals surface area contributed by atoms with Crippen LogP contribution >= 0.6 is 0 Å². The molecule has 0 aromatic rings. The van der Waals surface area contributed by atoms with Crippen LogP contribution in [0.25, 0.3) is 0 Å². The molecule has 0 amide bonds. The molecule has 114 valence electrons. The minimum atomic E-state index is -0.614. The molecule has 0 aromatic carbocycles. The zero-order valence-electron chi connectivity index (χ0n) is 13.4. The normalized spacial score (nSPS) is 52.7. The van der Waals surface area contributed by atoms with E-state index in [9.17, 15) is 9.90 Å². The van der Waals surface area contributed by atoms with Crippen molar-refractivity contribution < 1.29 is 14.6 Å². The molecule has 4 fully saturated rings. The van der Waals surface area contributed by atoms with Gasteiger partial charge < -0.3 is 9.84 Å². The highest BCUT2D eigenvalue weighted by molar-refractivity contribution is 5.66. The summed E-state index contributed by atoms with van der Waals surface area (Å²) in [6, 6.07) is 0. The van der Waals surface area contributed by atoms with Crippen LogP contribution in [0.15, 0.2) is 0 Å². The quantitative estimate of drug-likeness (QED) is 0.751. The molecule has 1 N–H and O–H groups in total. The zero-order valence-corrected chi connectivity index (χ0v) is 13.4. The summed E-state index contributed by atoms with van der Waals surface area (Å²) in [6.07, 6.45) is 3.90. The van der Waals surface area contributed by atoms with Gasteiger partial charge in [-0.3, -0.25) is 4.79 Å². The number of hydrogen-bond donors (Lipinski definition) is 1. The average molecular weight is 280 g/mol. The van der Waals surface area contributed by atoms with E-state index in [4.69, 9.17) is 4.74 Å². The third kappa shape index (κ3) is 1.48. The first-order chi connectivity index (χ1) is 9.13. The van der Waals surface area contributed by atoms with Gasteiger partial charge in [-0.15, -0.1) is 0 Å². The van der Waals surface area contributed by atoms with Gasteiger partial charge in [-0.2, -0.15) is 0 Å². The van der Waals surface area contributed by atoms with Gasteiger partial charge in [-0.1, -0.05) is 27.7 Å². The number of ether oxygens (including phenoxy) is 1. The van der Waals surface area contributed by atoms with Crippen molar-refractivity contribution in [2.24, 2.45) is 28.6 Å². The van der Waals surface area contributed by atoms with Crippen molar-refractivity contribution in [1.82, 2.24) is 0 Å². The van der Waals surface area contributed by atoms with E-state index in [1.165, 1.54) is 6.92 Å². The molecule has 20 heavy (non-hydrogen) atoms. The van der Waals surface area contributed by atoms with Crippen molar-refractivity contribution >= 4 is 5.97 Å². The van der Waals surface area contributed by atoms with E-state index in [2.05, 4.69) is 27.7 Å². The van der Waals surface area contributed by atoms with E-state index in [0.717, 1.165) is 25.7 Å². The van der Waals surface area contributed by atoms with Crippen LogP contribution in [0.5, 0.6) is 0 Å². The monoisotopic (exact) mass is 280 g/mol. The van der Waals surface area contributed by atoms with Crippen LogP contribution in [0.1, 0.15) is 60.3 Å². The molecule has 0 radical (unpaired) electrons. The van der Waals surface area contributed by atoms with Crippen molar-refractivity contribution in [1.29, 1.82) is 0 Å². The van der Waals surface area contributed by atoms with Gasteiger partial charge in [0.05, 0.1) is 5.60 Å². The van der Waals surface area contributed by atoms with Crippen LogP contribution in [0, 0.1) is 28.6 Å². The summed E-state index contributed by atoms with van der Waals surface area (Å²) in [5, 5.41) is 11.5. The third-order valence-electron chi connectivity index (χ3n) is 7.30. The second kappa shape index (κ2) is 4.00. The highest BCUT2D eigenvalue weighted by atomic mass is 16.5. The summed E-state index contributed by atoms with van der Waals surface area (Å²) in [4.78, 5) is 11.4. The van der Waals surface area contributed by atoms with E-state index >= 15 is 0 Å². The van der Waals surface area contributed by atoms with Gasteiger partial charge in [0.25, 0.3) is 0 Å². The van der Waals surface area contributed by atoms with Gasteiger partial charge in [0.15, 0.2) is 0 Å². The van der Waals surface area contributed by atoms with Crippen molar-refractivity contribution in [2.45, 2.75) is 72.0 Å². The Labute approximate surface area is 122 Å². The highest BCUT2D eigenvalue weighted by Crippen LogP contribution is 2.71. The number of esters is 1. The fourth-order valence-corrected chi connectivity index (χ4v) is 6.12. The Morgan fingerprint density at radius 3 is 2.50 bits per heavy atom. The lowest BCUT2D eigenvalue weighted by atomic mass is 9.35. The molecule has 0 aliphatic heterocycles.